The average molecular weight is 758 g/mol. The molecule has 9 rings (SSSR count). The van der Waals surface area contributed by atoms with Crippen LogP contribution in [-0.4, -0.2) is 84.2 Å². The predicted molar refractivity (Wildman–Crippen MR) is 195 cm³/mol. The minimum Gasteiger partial charge on any atom is -0.372 e. The number of carbonyl (C=O) groups excluding carboxylic acids is 2. The van der Waals surface area contributed by atoms with E-state index in [1.807, 2.05) is 13.8 Å². The summed E-state index contributed by atoms with van der Waals surface area (Å²) < 4.78 is 80.8. The molecule has 2 aliphatic heterocycles. The number of alkyl halides is 3. The summed E-state index contributed by atoms with van der Waals surface area (Å²) in [6, 6.07) is 6.99. The van der Waals surface area contributed by atoms with Crippen LogP contribution in [0.15, 0.2) is 55.2 Å². The molecule has 0 N–H and O–H groups in total. The van der Waals surface area contributed by atoms with Gasteiger partial charge in [-0.05, 0) is 69.0 Å². The Kier molecular flexibility index (Phi) is 7.85. The number of amides is 1. The van der Waals surface area contributed by atoms with E-state index in [-0.39, 0.29) is 65.2 Å². The van der Waals surface area contributed by atoms with Gasteiger partial charge in [0.1, 0.15) is 35.0 Å². The Morgan fingerprint density at radius 3 is 2.38 bits per heavy atom. The lowest BCUT2D eigenvalue weighted by atomic mass is 9.92. The van der Waals surface area contributed by atoms with Gasteiger partial charge in [0.15, 0.2) is 0 Å². The Labute approximate surface area is 311 Å². The third kappa shape index (κ3) is 5.47. The lowest BCUT2D eigenvalue weighted by Crippen LogP contribution is -2.63. The van der Waals surface area contributed by atoms with Crippen LogP contribution in [0.1, 0.15) is 65.6 Å². The number of hydrogen-bond acceptors (Lipinski definition) is 7. The van der Waals surface area contributed by atoms with Crippen molar-refractivity contribution < 1.29 is 31.5 Å². The highest BCUT2D eigenvalue weighted by Crippen LogP contribution is 2.48. The number of halogens is 5. The average Bonchev–Trinajstić information content (AvgIpc) is 3.53. The van der Waals surface area contributed by atoms with Gasteiger partial charge in [-0.15, -0.1) is 10.2 Å². The zero-order valence-electron chi connectivity index (χ0n) is 30.4. The molecule has 1 amide bonds. The minimum absolute atomic E-state index is 0.0538. The first-order chi connectivity index (χ1) is 26.2. The van der Waals surface area contributed by atoms with Crippen molar-refractivity contribution >= 4 is 39.7 Å². The first-order valence-corrected chi connectivity index (χ1v) is 18.1. The van der Waals surface area contributed by atoms with Crippen LogP contribution in [-0.2, 0) is 19.6 Å². The second kappa shape index (κ2) is 12.4. The quantitative estimate of drug-likeness (QED) is 0.133. The number of benzene rings is 2. The number of pyridine rings is 1. The van der Waals surface area contributed by atoms with Crippen molar-refractivity contribution in [3.63, 3.8) is 0 Å². The molecule has 0 radical (unpaired) electrons. The molecule has 16 heteroatoms. The van der Waals surface area contributed by atoms with Crippen LogP contribution in [0.3, 0.4) is 0 Å². The Morgan fingerprint density at radius 1 is 0.982 bits per heavy atom. The number of likely N-dealkylation sites (N-methyl/N-ethyl adjacent to an activating group) is 1. The van der Waals surface area contributed by atoms with Crippen LogP contribution in [0.25, 0.3) is 27.7 Å². The van der Waals surface area contributed by atoms with Crippen molar-refractivity contribution in [2.75, 3.05) is 36.5 Å². The number of rotatable bonds is 6. The number of aromatic nitrogens is 6. The van der Waals surface area contributed by atoms with E-state index >= 15 is 8.78 Å². The van der Waals surface area contributed by atoms with E-state index in [0.29, 0.717) is 46.6 Å². The molecule has 2 aromatic carbocycles. The van der Waals surface area contributed by atoms with Crippen LogP contribution in [0, 0.1) is 11.6 Å². The van der Waals surface area contributed by atoms with Gasteiger partial charge in [0, 0.05) is 68.6 Å². The molecule has 0 bridgehead atoms. The highest BCUT2D eigenvalue weighted by Gasteiger charge is 2.42. The SMILES string of the molecule is CC(C)N(C(=O)n1cnnc1C1CC1)C1CN(c2c(F)cc(C(=O)c3cc4c5c(cccn35)-c3c(C(F)(F)F)cc5c(ncn5C)c3N(C)CC4)cc2F)C1. The molecule has 0 unspecified atom stereocenters. The van der Waals surface area contributed by atoms with Crippen molar-refractivity contribution in [2.45, 2.75) is 57.3 Å². The third-order valence-electron chi connectivity index (χ3n) is 11.1. The molecule has 3 aliphatic rings. The fourth-order valence-corrected chi connectivity index (χ4v) is 8.32. The van der Waals surface area contributed by atoms with E-state index in [1.165, 1.54) is 26.5 Å². The van der Waals surface area contributed by atoms with Gasteiger partial charge in [-0.25, -0.2) is 23.1 Å². The summed E-state index contributed by atoms with van der Waals surface area (Å²) in [6.07, 6.45) is 2.00. The standard InChI is InChI=1S/C39H36F5N9O2/c1-20(2)53(38(55)52-19-46-47-37(52)21-7-8-21)24-16-50(17-24)34-27(40)12-23(13-28(34)41)36(54)30-14-22-9-11-48(3)35-31(25-6-5-10-51(30)33(22)25)26(39(42,43)44)15-29-32(35)45-18-49(29)4/h5-6,10,12-15,18-21,24H,7-9,11,16-17H2,1-4H3. The summed E-state index contributed by atoms with van der Waals surface area (Å²) in [5.74, 6) is -1.76. The van der Waals surface area contributed by atoms with Crippen molar-refractivity contribution in [1.82, 2.24) is 33.6 Å². The first kappa shape index (κ1) is 34.9. The van der Waals surface area contributed by atoms with Crippen molar-refractivity contribution in [1.29, 1.82) is 0 Å². The van der Waals surface area contributed by atoms with Gasteiger partial charge < -0.3 is 23.7 Å². The van der Waals surface area contributed by atoms with Crippen molar-refractivity contribution in [3.05, 3.63) is 95.1 Å². The highest BCUT2D eigenvalue weighted by atomic mass is 19.4. The normalized spacial score (nSPS) is 16.1. The molecule has 0 spiro atoms. The van der Waals surface area contributed by atoms with Gasteiger partial charge >= 0.3 is 12.2 Å². The number of nitrogens with zero attached hydrogens (tertiary/aromatic N) is 9. The summed E-state index contributed by atoms with van der Waals surface area (Å²) in [5.41, 5.74) is 0.991. The van der Waals surface area contributed by atoms with Gasteiger partial charge in [0.2, 0.25) is 5.78 Å². The number of hydrogen-bond donors (Lipinski definition) is 0. The van der Waals surface area contributed by atoms with Crippen LogP contribution in [0.5, 0.6) is 0 Å². The predicted octanol–water partition coefficient (Wildman–Crippen LogP) is 7.05. The van der Waals surface area contributed by atoms with Gasteiger partial charge in [-0.1, -0.05) is 6.07 Å². The number of imidazole rings is 1. The number of ketones is 1. The fraction of sp³-hybridized carbons (Fsp3) is 0.359. The largest absolute Gasteiger partial charge is 0.417 e. The van der Waals surface area contributed by atoms with Gasteiger partial charge in [0.05, 0.1) is 40.3 Å². The topological polar surface area (TPSA) is 96.8 Å². The second-order valence-corrected chi connectivity index (χ2v) is 15.0. The lowest BCUT2D eigenvalue weighted by molar-refractivity contribution is -0.137. The molecule has 2 fully saturated rings. The maximum Gasteiger partial charge on any atom is 0.417 e. The minimum atomic E-state index is -4.71. The maximum atomic E-state index is 15.9. The maximum absolute atomic E-state index is 15.9. The van der Waals surface area contributed by atoms with E-state index in [1.54, 1.807) is 52.9 Å². The summed E-state index contributed by atoms with van der Waals surface area (Å²) >= 11 is 0. The Bertz CT molecular complexity index is 2540. The summed E-state index contributed by atoms with van der Waals surface area (Å²) in [4.78, 5) is 37.1. The van der Waals surface area contributed by atoms with Crippen molar-refractivity contribution in [2.24, 2.45) is 7.05 Å². The van der Waals surface area contributed by atoms with E-state index < -0.39 is 29.2 Å². The van der Waals surface area contributed by atoms with Crippen molar-refractivity contribution in [3.8, 4) is 11.1 Å². The molecule has 4 aromatic heterocycles. The first-order valence-electron chi connectivity index (χ1n) is 18.1. The number of carbonyl (C=O) groups is 2. The van der Waals surface area contributed by atoms with E-state index in [9.17, 15) is 22.8 Å². The molecule has 6 aromatic rings. The van der Waals surface area contributed by atoms with Gasteiger partial charge in [0.25, 0.3) is 0 Å². The van der Waals surface area contributed by atoms with Crippen LogP contribution in [0.4, 0.5) is 38.1 Å². The molecule has 11 nitrogen and oxygen atoms in total. The summed E-state index contributed by atoms with van der Waals surface area (Å²) in [6.45, 7) is 4.40. The fourth-order valence-electron chi connectivity index (χ4n) is 8.32. The molecule has 1 saturated carbocycles. The summed E-state index contributed by atoms with van der Waals surface area (Å²) in [5, 5.41) is 8.06. The molecule has 1 aliphatic carbocycles. The monoisotopic (exact) mass is 757 g/mol. The third-order valence-corrected chi connectivity index (χ3v) is 11.1. The molecule has 284 valence electrons. The van der Waals surface area contributed by atoms with Gasteiger partial charge in [-0.2, -0.15) is 13.2 Å². The van der Waals surface area contributed by atoms with E-state index in [4.69, 9.17) is 0 Å². The zero-order chi connectivity index (χ0) is 38.7. The molecule has 1 saturated heterocycles. The van der Waals surface area contributed by atoms with Crippen LogP contribution < -0.4 is 9.80 Å². The molecular formula is C39H36F5N9O2. The highest BCUT2D eigenvalue weighted by molar-refractivity contribution is 6.11. The second-order valence-electron chi connectivity index (χ2n) is 15.0. The number of anilines is 2. The van der Waals surface area contributed by atoms with E-state index in [2.05, 4.69) is 15.2 Å². The lowest BCUT2D eigenvalue weighted by Gasteiger charge is -2.48. The molecular weight excluding hydrogens is 721 g/mol. The van der Waals surface area contributed by atoms with E-state index in [0.717, 1.165) is 31.0 Å². The molecule has 55 heavy (non-hydrogen) atoms. The number of aryl methyl sites for hydroxylation is 1. The zero-order valence-corrected chi connectivity index (χ0v) is 30.4. The Balaban J connectivity index is 1.05. The smallest absolute Gasteiger partial charge is 0.372 e. The number of fused-ring (bicyclic) bond motifs is 4. The Morgan fingerprint density at radius 2 is 1.71 bits per heavy atom. The van der Waals surface area contributed by atoms with Crippen LogP contribution >= 0.6 is 0 Å². The summed E-state index contributed by atoms with van der Waals surface area (Å²) in [7, 11) is 3.36. The molecule has 6 heterocycles. The molecule has 0 atom stereocenters. The van der Waals surface area contributed by atoms with Crippen LogP contribution in [0.2, 0.25) is 0 Å². The van der Waals surface area contributed by atoms with Gasteiger partial charge in [-0.3, -0.25) is 4.79 Å². The Hall–Kier alpha value is -5.80.